The van der Waals surface area contributed by atoms with Crippen LogP contribution in [0.5, 0.6) is 0 Å². The summed E-state index contributed by atoms with van der Waals surface area (Å²) in [6.07, 6.45) is 0. The Labute approximate surface area is 131 Å². The van der Waals surface area contributed by atoms with Crippen LogP contribution in [0.3, 0.4) is 0 Å². The second-order valence-corrected chi connectivity index (χ2v) is 5.85. The molecule has 0 radical (unpaired) electrons. The van der Waals surface area contributed by atoms with Gasteiger partial charge in [0.1, 0.15) is 11.6 Å². The Morgan fingerprint density at radius 2 is 1.90 bits per heavy atom. The fraction of sp³-hybridized carbons (Fsp3) is 0. The van der Waals surface area contributed by atoms with Gasteiger partial charge in [-0.1, -0.05) is 27.5 Å². The normalized spacial score (nSPS) is 11.2. The van der Waals surface area contributed by atoms with Crippen molar-refractivity contribution in [2.45, 2.75) is 0 Å². The van der Waals surface area contributed by atoms with Crippen LogP contribution in [-0.2, 0) is 0 Å². The van der Waals surface area contributed by atoms with Gasteiger partial charge in [-0.15, -0.1) is 0 Å². The molecule has 0 unspecified atom stereocenters. The summed E-state index contributed by atoms with van der Waals surface area (Å²) in [5.41, 5.74) is 1.22. The third-order valence-corrected chi connectivity index (χ3v) is 3.94. The van der Waals surface area contributed by atoms with Crippen molar-refractivity contribution >= 4 is 50.8 Å². The minimum absolute atomic E-state index is 0.0165. The van der Waals surface area contributed by atoms with Crippen LogP contribution < -0.4 is 0 Å². The van der Waals surface area contributed by atoms with E-state index in [2.05, 4.69) is 20.9 Å². The predicted molar refractivity (Wildman–Crippen MR) is 81.1 cm³/mol. The van der Waals surface area contributed by atoms with E-state index in [0.29, 0.717) is 15.5 Å². The van der Waals surface area contributed by atoms with Gasteiger partial charge in [-0.05, 0) is 36.5 Å². The van der Waals surface area contributed by atoms with Crippen molar-refractivity contribution in [2.75, 3.05) is 0 Å². The zero-order valence-electron chi connectivity index (χ0n) is 9.75. The quantitative estimate of drug-likeness (QED) is 0.566. The van der Waals surface area contributed by atoms with Crippen molar-refractivity contribution in [3.8, 4) is 5.69 Å². The summed E-state index contributed by atoms with van der Waals surface area (Å²) in [7, 11) is 0. The minimum Gasteiger partial charge on any atom is -0.330 e. The van der Waals surface area contributed by atoms with Gasteiger partial charge in [0, 0.05) is 10.5 Å². The summed E-state index contributed by atoms with van der Waals surface area (Å²) in [5, 5.41) is -0.0165. The standard InChI is InChI=1S/C13H6BrClF2N2S/c14-6-1-2-11(9(17)3-6)19-12-5-8(16)7(15)4-10(12)18-13(19)20/h1-5H,(H,18,20). The van der Waals surface area contributed by atoms with Crippen LogP contribution in [0.2, 0.25) is 5.02 Å². The monoisotopic (exact) mass is 374 g/mol. The van der Waals surface area contributed by atoms with Crippen LogP contribution >= 0.6 is 39.7 Å². The van der Waals surface area contributed by atoms with Gasteiger partial charge in [0.2, 0.25) is 0 Å². The molecule has 0 aliphatic rings. The number of rotatable bonds is 1. The number of halogens is 4. The maximum Gasteiger partial charge on any atom is 0.182 e. The van der Waals surface area contributed by atoms with Crippen molar-refractivity contribution in [3.05, 3.63) is 56.2 Å². The highest BCUT2D eigenvalue weighted by Gasteiger charge is 2.13. The van der Waals surface area contributed by atoms with Crippen molar-refractivity contribution in [2.24, 2.45) is 0 Å². The molecule has 7 heteroatoms. The Hall–Kier alpha value is -1.24. The summed E-state index contributed by atoms with van der Waals surface area (Å²) in [6.45, 7) is 0. The molecule has 0 fully saturated rings. The van der Waals surface area contributed by atoms with E-state index in [-0.39, 0.29) is 15.5 Å². The van der Waals surface area contributed by atoms with E-state index in [9.17, 15) is 8.78 Å². The second-order valence-electron chi connectivity index (χ2n) is 4.14. The van der Waals surface area contributed by atoms with E-state index in [1.54, 1.807) is 12.1 Å². The average molecular weight is 376 g/mol. The molecule has 20 heavy (non-hydrogen) atoms. The van der Waals surface area contributed by atoms with Crippen LogP contribution in [0.1, 0.15) is 0 Å². The number of aromatic amines is 1. The highest BCUT2D eigenvalue weighted by Crippen LogP contribution is 2.27. The number of fused-ring (bicyclic) bond motifs is 1. The highest BCUT2D eigenvalue weighted by molar-refractivity contribution is 9.10. The average Bonchev–Trinajstić information content (AvgIpc) is 2.66. The van der Waals surface area contributed by atoms with E-state index < -0.39 is 11.6 Å². The SMILES string of the molecule is Fc1cc2c(cc1Cl)[nH]c(=S)n2-c1ccc(Br)cc1F. The lowest BCUT2D eigenvalue weighted by Crippen LogP contribution is -1.98. The first-order valence-corrected chi connectivity index (χ1v) is 7.10. The lowest BCUT2D eigenvalue weighted by molar-refractivity contribution is 0.616. The van der Waals surface area contributed by atoms with Gasteiger partial charge < -0.3 is 4.98 Å². The van der Waals surface area contributed by atoms with Gasteiger partial charge >= 0.3 is 0 Å². The smallest absolute Gasteiger partial charge is 0.182 e. The molecule has 3 rings (SSSR count). The molecule has 1 heterocycles. The molecule has 3 aromatic rings. The Morgan fingerprint density at radius 1 is 1.15 bits per heavy atom. The molecule has 2 aromatic carbocycles. The van der Waals surface area contributed by atoms with E-state index >= 15 is 0 Å². The summed E-state index contributed by atoms with van der Waals surface area (Å²) in [6, 6.07) is 7.23. The first-order chi connectivity index (χ1) is 9.47. The molecule has 0 bridgehead atoms. The van der Waals surface area contributed by atoms with Crippen LogP contribution in [-0.4, -0.2) is 9.55 Å². The number of imidazole rings is 1. The van der Waals surface area contributed by atoms with Crippen LogP contribution in [0.25, 0.3) is 16.7 Å². The molecule has 0 aliphatic heterocycles. The topological polar surface area (TPSA) is 20.7 Å². The number of aromatic nitrogens is 2. The van der Waals surface area contributed by atoms with Gasteiger partial charge in [0.25, 0.3) is 0 Å². The molecule has 0 spiro atoms. The van der Waals surface area contributed by atoms with Gasteiger partial charge in [0.05, 0.1) is 21.7 Å². The maximum absolute atomic E-state index is 14.1. The summed E-state index contributed by atoms with van der Waals surface area (Å²) in [5.74, 6) is -1.05. The van der Waals surface area contributed by atoms with Crippen LogP contribution in [0.4, 0.5) is 8.78 Å². The fourth-order valence-electron chi connectivity index (χ4n) is 2.00. The molecular formula is C13H6BrClF2N2S. The lowest BCUT2D eigenvalue weighted by Gasteiger charge is -2.06. The summed E-state index contributed by atoms with van der Waals surface area (Å²) >= 11 is 14.1. The molecule has 1 N–H and O–H groups in total. The third kappa shape index (κ3) is 2.17. The lowest BCUT2D eigenvalue weighted by atomic mass is 10.2. The number of nitrogens with one attached hydrogen (secondary N) is 1. The molecule has 0 amide bonds. The van der Waals surface area contributed by atoms with Crippen molar-refractivity contribution < 1.29 is 8.78 Å². The number of nitrogens with zero attached hydrogens (tertiary/aromatic N) is 1. The Bertz CT molecular complexity index is 888. The van der Waals surface area contributed by atoms with Crippen molar-refractivity contribution in [1.82, 2.24) is 9.55 Å². The fourth-order valence-corrected chi connectivity index (χ4v) is 2.81. The first-order valence-electron chi connectivity index (χ1n) is 5.52. The third-order valence-electron chi connectivity index (χ3n) is 2.87. The van der Waals surface area contributed by atoms with Crippen molar-refractivity contribution in [3.63, 3.8) is 0 Å². The van der Waals surface area contributed by atoms with E-state index in [4.69, 9.17) is 23.8 Å². The van der Waals surface area contributed by atoms with Gasteiger partial charge in [0.15, 0.2) is 4.77 Å². The molecule has 0 saturated heterocycles. The molecular weight excluding hydrogens is 370 g/mol. The zero-order chi connectivity index (χ0) is 14.4. The molecule has 0 aliphatic carbocycles. The Morgan fingerprint density at radius 3 is 2.60 bits per heavy atom. The summed E-state index contributed by atoms with van der Waals surface area (Å²) in [4.78, 5) is 2.88. The van der Waals surface area contributed by atoms with Gasteiger partial charge in [-0.25, -0.2) is 8.78 Å². The van der Waals surface area contributed by atoms with E-state index in [1.165, 1.54) is 22.8 Å². The van der Waals surface area contributed by atoms with Gasteiger partial charge in [-0.2, -0.15) is 0 Å². The number of benzene rings is 2. The molecule has 0 atom stereocenters. The Balaban J connectivity index is 2.39. The molecule has 2 nitrogen and oxygen atoms in total. The zero-order valence-corrected chi connectivity index (χ0v) is 12.9. The molecule has 0 saturated carbocycles. The Kier molecular flexibility index (Phi) is 3.40. The van der Waals surface area contributed by atoms with Crippen LogP contribution in [0, 0.1) is 16.4 Å². The predicted octanol–water partition coefficient (Wildman–Crippen LogP) is 5.38. The van der Waals surface area contributed by atoms with E-state index in [0.717, 1.165) is 0 Å². The van der Waals surface area contributed by atoms with Crippen molar-refractivity contribution in [1.29, 1.82) is 0 Å². The van der Waals surface area contributed by atoms with E-state index in [1.807, 2.05) is 0 Å². The maximum atomic E-state index is 14.1. The number of hydrogen-bond acceptors (Lipinski definition) is 1. The minimum atomic E-state index is -0.584. The van der Waals surface area contributed by atoms with Gasteiger partial charge in [-0.3, -0.25) is 4.57 Å². The number of H-pyrrole nitrogens is 1. The van der Waals surface area contributed by atoms with Crippen LogP contribution in [0.15, 0.2) is 34.8 Å². The highest BCUT2D eigenvalue weighted by atomic mass is 79.9. The second kappa shape index (κ2) is 4.95. The molecule has 102 valence electrons. The summed E-state index contributed by atoms with van der Waals surface area (Å²) < 4.78 is 30.0. The first kappa shape index (κ1) is 13.7. The molecule has 1 aromatic heterocycles. The largest absolute Gasteiger partial charge is 0.330 e. The number of hydrogen-bond donors (Lipinski definition) is 1.